The van der Waals surface area contributed by atoms with Crippen LogP contribution in [0.5, 0.6) is 0 Å². The molecule has 0 aliphatic heterocycles. The van der Waals surface area contributed by atoms with Gasteiger partial charge in [-0.2, -0.15) is 5.10 Å². The summed E-state index contributed by atoms with van der Waals surface area (Å²) >= 11 is 0. The number of carbonyl (C=O) groups is 1. The Kier molecular flexibility index (Phi) is 6.23. The summed E-state index contributed by atoms with van der Waals surface area (Å²) < 4.78 is 11.7. The minimum atomic E-state index is -0.294. The lowest BCUT2D eigenvalue weighted by Crippen LogP contribution is -2.28. The molecule has 0 aliphatic carbocycles. The molecule has 0 atom stereocenters. The maximum atomic E-state index is 12.8. The molecule has 148 valence electrons. The Morgan fingerprint density at radius 1 is 1.21 bits per heavy atom. The van der Waals surface area contributed by atoms with Crippen molar-refractivity contribution in [2.75, 3.05) is 39.7 Å². The number of benzene rings is 1. The molecule has 0 aliphatic rings. The molecule has 0 fully saturated rings. The highest BCUT2D eigenvalue weighted by Gasteiger charge is 2.23. The molecule has 0 spiro atoms. The Labute approximate surface area is 163 Å². The fourth-order valence-electron chi connectivity index (χ4n) is 2.97. The third-order valence-electron chi connectivity index (χ3n) is 4.43. The first-order chi connectivity index (χ1) is 13.5. The average Bonchev–Trinajstić information content (AvgIpc) is 3.02. The van der Waals surface area contributed by atoms with Gasteiger partial charge in [0.2, 0.25) is 0 Å². The third-order valence-corrected chi connectivity index (χ3v) is 4.43. The molecule has 1 aromatic carbocycles. The number of fused-ring (bicyclic) bond motifs is 1. The molecule has 0 unspecified atom stereocenters. The quantitative estimate of drug-likeness (QED) is 0.577. The number of hydrogen-bond acceptors (Lipinski definition) is 6. The summed E-state index contributed by atoms with van der Waals surface area (Å²) in [7, 11) is 3.19. The van der Waals surface area contributed by atoms with E-state index in [1.807, 2.05) is 31.2 Å². The van der Waals surface area contributed by atoms with Crippen LogP contribution in [0.25, 0.3) is 22.2 Å². The van der Waals surface area contributed by atoms with Crippen LogP contribution in [0.2, 0.25) is 0 Å². The predicted octanol–water partition coefficient (Wildman–Crippen LogP) is 2.01. The number of ether oxygens (including phenoxy) is 2. The Bertz CT molecular complexity index is 983. The molecule has 0 bridgehead atoms. The van der Waals surface area contributed by atoms with E-state index in [0.717, 1.165) is 22.0 Å². The largest absolute Gasteiger partial charge is 0.383 e. The van der Waals surface area contributed by atoms with Gasteiger partial charge in [0, 0.05) is 37.9 Å². The topological polar surface area (TPSA) is 104 Å². The van der Waals surface area contributed by atoms with Crippen LogP contribution in [0.3, 0.4) is 0 Å². The fraction of sp³-hybridized carbons (Fsp3) is 0.350. The molecule has 3 N–H and O–H groups in total. The van der Waals surface area contributed by atoms with Crippen LogP contribution in [-0.4, -0.2) is 54.6 Å². The second-order valence-electron chi connectivity index (χ2n) is 6.49. The van der Waals surface area contributed by atoms with Crippen LogP contribution < -0.4 is 11.1 Å². The molecule has 3 aromatic rings. The standard InChI is InChI=1S/C20H25N5O3/c1-13-4-5-14-11-15(12-23-16(14)10-13)18-17(20(26)22-6-8-27-2)19(21)25(24-18)7-9-28-3/h4-5,10-12H,6-9,21H2,1-3H3,(H,22,26). The highest BCUT2D eigenvalue weighted by molar-refractivity contribution is 6.04. The SMILES string of the molecule is COCCNC(=O)c1c(-c2cnc3cc(C)ccc3c2)nn(CCOC)c1N. The summed E-state index contributed by atoms with van der Waals surface area (Å²) in [5, 5.41) is 8.36. The number of carbonyl (C=O) groups excluding carboxylic acids is 1. The van der Waals surface area contributed by atoms with Crippen molar-refractivity contribution in [3.8, 4) is 11.3 Å². The van der Waals surface area contributed by atoms with Crippen molar-refractivity contribution in [2.45, 2.75) is 13.5 Å². The van der Waals surface area contributed by atoms with Gasteiger partial charge < -0.3 is 20.5 Å². The van der Waals surface area contributed by atoms with Gasteiger partial charge in [-0.25, -0.2) is 4.68 Å². The van der Waals surface area contributed by atoms with Gasteiger partial charge in [0.1, 0.15) is 17.1 Å². The van der Waals surface area contributed by atoms with Gasteiger partial charge in [0.25, 0.3) is 5.91 Å². The number of hydrogen-bond donors (Lipinski definition) is 2. The number of nitrogen functional groups attached to an aromatic ring is 1. The van der Waals surface area contributed by atoms with Crippen LogP contribution in [-0.2, 0) is 16.0 Å². The third kappa shape index (κ3) is 4.13. The van der Waals surface area contributed by atoms with E-state index in [4.69, 9.17) is 15.2 Å². The van der Waals surface area contributed by atoms with Crippen molar-refractivity contribution in [2.24, 2.45) is 0 Å². The second-order valence-corrected chi connectivity index (χ2v) is 6.49. The maximum Gasteiger partial charge on any atom is 0.257 e. The molecule has 2 heterocycles. The number of nitrogens with one attached hydrogen (secondary N) is 1. The van der Waals surface area contributed by atoms with E-state index in [2.05, 4.69) is 15.4 Å². The second kappa shape index (κ2) is 8.81. The van der Waals surface area contributed by atoms with E-state index in [1.165, 1.54) is 0 Å². The molecule has 8 heteroatoms. The molecule has 3 rings (SSSR count). The molecule has 1 amide bonds. The number of pyridine rings is 1. The van der Waals surface area contributed by atoms with Crippen LogP contribution in [0.4, 0.5) is 5.82 Å². The number of anilines is 1. The zero-order chi connectivity index (χ0) is 20.1. The summed E-state index contributed by atoms with van der Waals surface area (Å²) in [5.74, 6) is 0.00295. The average molecular weight is 383 g/mol. The number of aryl methyl sites for hydroxylation is 1. The van der Waals surface area contributed by atoms with E-state index >= 15 is 0 Å². The summed E-state index contributed by atoms with van der Waals surface area (Å²) in [6, 6.07) is 8.02. The smallest absolute Gasteiger partial charge is 0.257 e. The molecule has 2 aromatic heterocycles. The van der Waals surface area contributed by atoms with Gasteiger partial charge >= 0.3 is 0 Å². The summed E-state index contributed by atoms with van der Waals surface area (Å²) in [6.07, 6.45) is 1.72. The Morgan fingerprint density at radius 2 is 2.00 bits per heavy atom. The van der Waals surface area contributed by atoms with E-state index in [-0.39, 0.29) is 5.91 Å². The highest BCUT2D eigenvalue weighted by atomic mass is 16.5. The number of aromatic nitrogens is 3. The minimum Gasteiger partial charge on any atom is -0.383 e. The Balaban J connectivity index is 2.04. The lowest BCUT2D eigenvalue weighted by Gasteiger charge is -2.07. The first-order valence-electron chi connectivity index (χ1n) is 9.04. The highest BCUT2D eigenvalue weighted by Crippen LogP contribution is 2.29. The monoisotopic (exact) mass is 383 g/mol. The maximum absolute atomic E-state index is 12.8. The van der Waals surface area contributed by atoms with Crippen LogP contribution in [0.1, 0.15) is 15.9 Å². The molecular formula is C20H25N5O3. The lowest BCUT2D eigenvalue weighted by molar-refractivity contribution is 0.0938. The fourth-order valence-corrected chi connectivity index (χ4v) is 2.97. The molecule has 8 nitrogen and oxygen atoms in total. The number of nitrogens with two attached hydrogens (primary N) is 1. The number of methoxy groups -OCH3 is 2. The molecular weight excluding hydrogens is 358 g/mol. The normalized spacial score (nSPS) is 11.1. The van der Waals surface area contributed by atoms with Gasteiger partial charge in [-0.05, 0) is 24.6 Å². The number of nitrogens with zero attached hydrogens (tertiary/aromatic N) is 3. The Morgan fingerprint density at radius 3 is 2.75 bits per heavy atom. The predicted molar refractivity (Wildman–Crippen MR) is 108 cm³/mol. The van der Waals surface area contributed by atoms with Crippen LogP contribution >= 0.6 is 0 Å². The van der Waals surface area contributed by atoms with E-state index < -0.39 is 0 Å². The van der Waals surface area contributed by atoms with Gasteiger partial charge in [-0.3, -0.25) is 9.78 Å². The summed E-state index contributed by atoms with van der Waals surface area (Å²) in [6.45, 7) is 3.70. The van der Waals surface area contributed by atoms with Gasteiger partial charge in [-0.1, -0.05) is 12.1 Å². The van der Waals surface area contributed by atoms with E-state index in [1.54, 1.807) is 25.1 Å². The van der Waals surface area contributed by atoms with Crippen molar-refractivity contribution in [3.05, 3.63) is 41.6 Å². The zero-order valence-electron chi connectivity index (χ0n) is 16.4. The van der Waals surface area contributed by atoms with Crippen molar-refractivity contribution >= 4 is 22.6 Å². The Hall–Kier alpha value is -2.97. The van der Waals surface area contributed by atoms with Crippen molar-refractivity contribution in [1.29, 1.82) is 0 Å². The van der Waals surface area contributed by atoms with Crippen LogP contribution in [0.15, 0.2) is 30.5 Å². The van der Waals surface area contributed by atoms with Crippen LogP contribution in [0, 0.1) is 6.92 Å². The molecule has 0 saturated heterocycles. The van der Waals surface area contributed by atoms with Gasteiger partial charge in [-0.15, -0.1) is 0 Å². The van der Waals surface area contributed by atoms with E-state index in [0.29, 0.717) is 43.4 Å². The molecule has 28 heavy (non-hydrogen) atoms. The van der Waals surface area contributed by atoms with Crippen molar-refractivity contribution in [3.63, 3.8) is 0 Å². The summed E-state index contributed by atoms with van der Waals surface area (Å²) in [4.78, 5) is 17.3. The molecule has 0 saturated carbocycles. The van der Waals surface area contributed by atoms with Gasteiger partial charge in [0.15, 0.2) is 0 Å². The first kappa shape index (κ1) is 19.8. The zero-order valence-corrected chi connectivity index (χ0v) is 16.4. The van der Waals surface area contributed by atoms with Gasteiger partial charge in [0.05, 0.1) is 25.3 Å². The first-order valence-corrected chi connectivity index (χ1v) is 9.04. The van der Waals surface area contributed by atoms with E-state index in [9.17, 15) is 4.79 Å². The van der Waals surface area contributed by atoms with Crippen molar-refractivity contribution in [1.82, 2.24) is 20.1 Å². The lowest BCUT2D eigenvalue weighted by atomic mass is 10.1. The van der Waals surface area contributed by atoms with Crippen molar-refractivity contribution < 1.29 is 14.3 Å². The minimum absolute atomic E-state index is 0.294. The number of rotatable bonds is 8. The summed E-state index contributed by atoms with van der Waals surface area (Å²) in [5.41, 5.74) is 9.85. The molecule has 0 radical (unpaired) electrons. The number of amides is 1.